The van der Waals surface area contributed by atoms with Crippen LogP contribution in [0.15, 0.2) is 11.1 Å². The van der Waals surface area contributed by atoms with Crippen LogP contribution < -0.4 is 5.56 Å². The first kappa shape index (κ1) is 10.5. The number of hydrogen-bond acceptors (Lipinski definition) is 4. The zero-order chi connectivity index (χ0) is 11.8. The lowest BCUT2D eigenvalue weighted by Crippen LogP contribution is -2.16. The van der Waals surface area contributed by atoms with Gasteiger partial charge in [-0.1, -0.05) is 0 Å². The van der Waals surface area contributed by atoms with Crippen LogP contribution in [0, 0.1) is 0 Å². The molecule has 1 saturated heterocycles. The summed E-state index contributed by atoms with van der Waals surface area (Å²) in [5.41, 5.74) is 1.40. The molecule has 3 heterocycles. The first-order valence-corrected chi connectivity index (χ1v) is 5.75. The number of aryl methyl sites for hydroxylation is 1. The van der Waals surface area contributed by atoms with Crippen molar-refractivity contribution < 1.29 is 4.74 Å². The summed E-state index contributed by atoms with van der Waals surface area (Å²) in [4.78, 5) is 18.7. The summed E-state index contributed by atoms with van der Waals surface area (Å²) >= 11 is 0. The summed E-state index contributed by atoms with van der Waals surface area (Å²) in [5.74, 6) is 0.303. The van der Waals surface area contributed by atoms with E-state index in [1.54, 1.807) is 4.68 Å². The minimum atomic E-state index is -0.107. The Labute approximate surface area is 97.6 Å². The molecule has 0 aliphatic carbocycles. The SMILES string of the molecule is Cn1nc(C2CCOCC2)c2c(=O)[nH]cnc21. The summed E-state index contributed by atoms with van der Waals surface area (Å²) in [6.07, 6.45) is 3.25. The molecule has 90 valence electrons. The Kier molecular flexibility index (Phi) is 2.44. The highest BCUT2D eigenvalue weighted by atomic mass is 16.5. The van der Waals surface area contributed by atoms with Crippen molar-refractivity contribution in [2.24, 2.45) is 7.05 Å². The number of hydrogen-bond donors (Lipinski definition) is 1. The van der Waals surface area contributed by atoms with Gasteiger partial charge in [0.05, 0.1) is 12.0 Å². The Balaban J connectivity index is 2.19. The van der Waals surface area contributed by atoms with Gasteiger partial charge in [0.2, 0.25) is 0 Å². The lowest BCUT2D eigenvalue weighted by atomic mass is 9.95. The fourth-order valence-electron chi connectivity index (χ4n) is 2.38. The Hall–Kier alpha value is -1.69. The van der Waals surface area contributed by atoms with Crippen LogP contribution in [-0.2, 0) is 11.8 Å². The summed E-state index contributed by atoms with van der Waals surface area (Å²) in [5, 5.41) is 5.08. The molecular formula is C11H14N4O2. The predicted molar refractivity (Wildman–Crippen MR) is 61.9 cm³/mol. The van der Waals surface area contributed by atoms with Gasteiger partial charge in [-0.15, -0.1) is 0 Å². The van der Waals surface area contributed by atoms with Gasteiger partial charge in [-0.05, 0) is 12.8 Å². The number of H-pyrrole nitrogens is 1. The first-order chi connectivity index (χ1) is 8.27. The second kappa shape index (κ2) is 3.96. The molecule has 0 radical (unpaired) electrons. The molecule has 0 aromatic carbocycles. The van der Waals surface area contributed by atoms with Gasteiger partial charge in [-0.3, -0.25) is 4.79 Å². The van der Waals surface area contributed by atoms with Gasteiger partial charge in [0.15, 0.2) is 5.65 Å². The molecule has 6 nitrogen and oxygen atoms in total. The van der Waals surface area contributed by atoms with E-state index in [1.165, 1.54) is 6.33 Å². The van der Waals surface area contributed by atoms with Crippen LogP contribution in [0.1, 0.15) is 24.5 Å². The Morgan fingerprint density at radius 2 is 2.24 bits per heavy atom. The van der Waals surface area contributed by atoms with E-state index in [0.717, 1.165) is 31.7 Å². The number of nitrogens with zero attached hydrogens (tertiary/aromatic N) is 3. The van der Waals surface area contributed by atoms with Gasteiger partial charge in [0.25, 0.3) is 5.56 Å². The molecule has 17 heavy (non-hydrogen) atoms. The van der Waals surface area contributed by atoms with Crippen molar-refractivity contribution >= 4 is 11.0 Å². The summed E-state index contributed by atoms with van der Waals surface area (Å²) in [7, 11) is 1.82. The van der Waals surface area contributed by atoms with Crippen LogP contribution in [0.2, 0.25) is 0 Å². The molecule has 1 aliphatic heterocycles. The lowest BCUT2D eigenvalue weighted by Gasteiger charge is -2.20. The molecule has 1 aliphatic rings. The molecule has 2 aromatic rings. The Morgan fingerprint density at radius 3 is 3.00 bits per heavy atom. The van der Waals surface area contributed by atoms with E-state index in [0.29, 0.717) is 17.0 Å². The van der Waals surface area contributed by atoms with E-state index in [4.69, 9.17) is 4.74 Å². The van der Waals surface area contributed by atoms with Crippen LogP contribution >= 0.6 is 0 Å². The van der Waals surface area contributed by atoms with Crippen molar-refractivity contribution in [2.45, 2.75) is 18.8 Å². The smallest absolute Gasteiger partial charge is 0.262 e. The zero-order valence-corrected chi connectivity index (χ0v) is 9.64. The quantitative estimate of drug-likeness (QED) is 0.782. The van der Waals surface area contributed by atoms with Crippen molar-refractivity contribution in [3.05, 3.63) is 22.4 Å². The third-order valence-corrected chi connectivity index (χ3v) is 3.26. The van der Waals surface area contributed by atoms with Crippen molar-refractivity contribution in [3.8, 4) is 0 Å². The van der Waals surface area contributed by atoms with E-state index < -0.39 is 0 Å². The van der Waals surface area contributed by atoms with Crippen molar-refractivity contribution in [3.63, 3.8) is 0 Å². The molecule has 2 aromatic heterocycles. The van der Waals surface area contributed by atoms with Crippen molar-refractivity contribution in [1.82, 2.24) is 19.7 Å². The molecule has 1 N–H and O–H groups in total. The second-order valence-corrected chi connectivity index (χ2v) is 4.33. The van der Waals surface area contributed by atoms with Gasteiger partial charge in [0.1, 0.15) is 5.39 Å². The third kappa shape index (κ3) is 1.64. The fourth-order valence-corrected chi connectivity index (χ4v) is 2.38. The minimum absolute atomic E-state index is 0.107. The molecule has 1 fully saturated rings. The minimum Gasteiger partial charge on any atom is -0.381 e. The highest BCUT2D eigenvalue weighted by Crippen LogP contribution is 2.28. The van der Waals surface area contributed by atoms with Gasteiger partial charge in [0, 0.05) is 26.2 Å². The monoisotopic (exact) mass is 234 g/mol. The van der Waals surface area contributed by atoms with Gasteiger partial charge >= 0.3 is 0 Å². The first-order valence-electron chi connectivity index (χ1n) is 5.75. The molecule has 3 rings (SSSR count). The molecule has 0 saturated carbocycles. The average molecular weight is 234 g/mol. The van der Waals surface area contributed by atoms with Crippen LogP contribution in [0.5, 0.6) is 0 Å². The average Bonchev–Trinajstić information content (AvgIpc) is 2.70. The number of fused-ring (bicyclic) bond motifs is 1. The third-order valence-electron chi connectivity index (χ3n) is 3.26. The molecule has 6 heteroatoms. The Bertz CT molecular complexity index is 595. The maximum atomic E-state index is 11.9. The second-order valence-electron chi connectivity index (χ2n) is 4.33. The summed E-state index contributed by atoms with van der Waals surface area (Å²) in [6, 6.07) is 0. The molecule has 0 bridgehead atoms. The molecule has 0 atom stereocenters. The number of aromatic nitrogens is 4. The predicted octanol–water partition coefficient (Wildman–Crippen LogP) is 0.551. The van der Waals surface area contributed by atoms with E-state index in [1.807, 2.05) is 7.05 Å². The fraction of sp³-hybridized carbons (Fsp3) is 0.545. The lowest BCUT2D eigenvalue weighted by molar-refractivity contribution is 0.0846. The summed E-state index contributed by atoms with van der Waals surface area (Å²) < 4.78 is 7.01. The van der Waals surface area contributed by atoms with E-state index in [9.17, 15) is 4.79 Å². The molecular weight excluding hydrogens is 220 g/mol. The largest absolute Gasteiger partial charge is 0.381 e. The topological polar surface area (TPSA) is 72.8 Å². The summed E-state index contributed by atoms with van der Waals surface area (Å²) in [6.45, 7) is 1.47. The normalized spacial score (nSPS) is 17.7. The standard InChI is InChI=1S/C11H14N4O2/c1-15-10-8(11(16)13-6-12-10)9(14-15)7-2-4-17-5-3-7/h6-7H,2-5H2,1H3,(H,12,13,16). The molecule has 0 unspecified atom stereocenters. The van der Waals surface area contributed by atoms with Gasteiger partial charge in [-0.2, -0.15) is 5.10 Å². The molecule has 0 spiro atoms. The van der Waals surface area contributed by atoms with Crippen LogP contribution in [0.4, 0.5) is 0 Å². The highest BCUT2D eigenvalue weighted by molar-refractivity contribution is 5.77. The van der Waals surface area contributed by atoms with Crippen LogP contribution in [0.3, 0.4) is 0 Å². The van der Waals surface area contributed by atoms with E-state index in [2.05, 4.69) is 15.1 Å². The van der Waals surface area contributed by atoms with Gasteiger partial charge < -0.3 is 9.72 Å². The number of aromatic amines is 1. The Morgan fingerprint density at radius 1 is 1.47 bits per heavy atom. The number of ether oxygens (including phenoxy) is 1. The van der Waals surface area contributed by atoms with Crippen molar-refractivity contribution in [2.75, 3.05) is 13.2 Å². The number of rotatable bonds is 1. The van der Waals surface area contributed by atoms with Crippen LogP contribution in [0.25, 0.3) is 11.0 Å². The number of nitrogens with one attached hydrogen (secondary N) is 1. The maximum absolute atomic E-state index is 11.9. The molecule has 0 amide bonds. The van der Waals surface area contributed by atoms with Crippen LogP contribution in [-0.4, -0.2) is 33.0 Å². The van der Waals surface area contributed by atoms with E-state index >= 15 is 0 Å². The van der Waals surface area contributed by atoms with Crippen molar-refractivity contribution in [1.29, 1.82) is 0 Å². The highest BCUT2D eigenvalue weighted by Gasteiger charge is 2.23. The maximum Gasteiger partial charge on any atom is 0.262 e. The zero-order valence-electron chi connectivity index (χ0n) is 9.64. The van der Waals surface area contributed by atoms with E-state index in [-0.39, 0.29) is 5.56 Å². The van der Waals surface area contributed by atoms with Gasteiger partial charge in [-0.25, -0.2) is 9.67 Å².